The molecular formula is C11H15NO6S3. The van der Waals surface area contributed by atoms with Gasteiger partial charge in [0.25, 0.3) is 0 Å². The summed E-state index contributed by atoms with van der Waals surface area (Å²) in [6.45, 7) is 1.57. The van der Waals surface area contributed by atoms with Gasteiger partial charge in [0, 0.05) is 11.4 Å². The highest BCUT2D eigenvalue weighted by Gasteiger charge is 2.30. The second kappa shape index (κ2) is 5.67. The number of sulfonamides is 1. The van der Waals surface area contributed by atoms with Crippen molar-refractivity contribution in [1.29, 1.82) is 0 Å². The number of aryl methyl sites for hydroxylation is 1. The Bertz CT molecular complexity index is 762. The number of hydrogen-bond acceptors (Lipinski definition) is 6. The van der Waals surface area contributed by atoms with Gasteiger partial charge < -0.3 is 5.11 Å². The van der Waals surface area contributed by atoms with Gasteiger partial charge in [-0.3, -0.25) is 0 Å². The molecule has 10 heteroatoms. The maximum absolute atomic E-state index is 12.2. The van der Waals surface area contributed by atoms with Crippen LogP contribution >= 0.6 is 11.3 Å². The Morgan fingerprint density at radius 3 is 2.67 bits per heavy atom. The molecule has 1 fully saturated rings. The van der Waals surface area contributed by atoms with E-state index in [9.17, 15) is 21.6 Å². The molecule has 0 amide bonds. The van der Waals surface area contributed by atoms with Crippen LogP contribution in [0.25, 0.3) is 0 Å². The largest absolute Gasteiger partial charge is 0.477 e. The zero-order chi connectivity index (χ0) is 15.8. The summed E-state index contributed by atoms with van der Waals surface area (Å²) in [7, 11) is -6.88. The average Bonchev–Trinajstić information content (AvgIpc) is 2.90. The summed E-state index contributed by atoms with van der Waals surface area (Å²) >= 11 is 0.893. The molecule has 0 aliphatic carbocycles. The highest BCUT2D eigenvalue weighted by molar-refractivity contribution is 7.91. The van der Waals surface area contributed by atoms with Crippen LogP contribution in [0.3, 0.4) is 0 Å². The van der Waals surface area contributed by atoms with Crippen LogP contribution in [-0.4, -0.2) is 46.0 Å². The molecule has 0 saturated carbocycles. The summed E-state index contributed by atoms with van der Waals surface area (Å²) in [5, 5.41) is 8.88. The number of aromatic carboxylic acids is 1. The molecule has 1 aromatic heterocycles. The predicted molar refractivity (Wildman–Crippen MR) is 78.0 cm³/mol. The van der Waals surface area contributed by atoms with Gasteiger partial charge in [0.05, 0.1) is 16.4 Å². The number of hydrogen-bond donors (Lipinski definition) is 2. The van der Waals surface area contributed by atoms with Crippen LogP contribution in [0.2, 0.25) is 0 Å². The van der Waals surface area contributed by atoms with Crippen molar-refractivity contribution in [1.82, 2.24) is 4.72 Å². The zero-order valence-corrected chi connectivity index (χ0v) is 13.6. The molecule has 0 bridgehead atoms. The summed E-state index contributed by atoms with van der Waals surface area (Å²) in [5.74, 6) is -1.34. The summed E-state index contributed by atoms with van der Waals surface area (Å²) in [5.41, 5.74) is 0. The molecule has 2 rings (SSSR count). The number of thiophene rings is 1. The summed E-state index contributed by atoms with van der Waals surface area (Å²) in [6, 6.07) is 1.12. The lowest BCUT2D eigenvalue weighted by Crippen LogP contribution is -2.30. The van der Waals surface area contributed by atoms with Crippen molar-refractivity contribution < 1.29 is 26.7 Å². The summed E-state index contributed by atoms with van der Waals surface area (Å²) < 4.78 is 49.3. The van der Waals surface area contributed by atoms with E-state index in [4.69, 9.17) is 5.11 Å². The SMILES string of the molecule is Cc1sc(C(=O)O)cc1S(=O)(=O)NCC1CCS(=O)(=O)C1. The van der Waals surface area contributed by atoms with Crippen molar-refractivity contribution in [3.63, 3.8) is 0 Å². The standard InChI is InChI=1S/C11H15NO6S3/c1-7-10(4-9(19-7)11(13)14)21(17,18)12-5-8-2-3-20(15,16)6-8/h4,8,12H,2-3,5-6H2,1H3,(H,13,14). The van der Waals surface area contributed by atoms with Gasteiger partial charge >= 0.3 is 5.97 Å². The lowest BCUT2D eigenvalue weighted by molar-refractivity contribution is 0.0702. The highest BCUT2D eigenvalue weighted by atomic mass is 32.2. The normalized spacial score (nSPS) is 21.5. The van der Waals surface area contributed by atoms with E-state index in [-0.39, 0.29) is 33.7 Å². The van der Waals surface area contributed by atoms with Crippen molar-refractivity contribution in [2.75, 3.05) is 18.1 Å². The first kappa shape index (κ1) is 16.4. The fourth-order valence-electron chi connectivity index (χ4n) is 2.18. The Balaban J connectivity index is 2.10. The van der Waals surface area contributed by atoms with E-state index >= 15 is 0 Å². The van der Waals surface area contributed by atoms with Crippen LogP contribution < -0.4 is 4.72 Å². The third-order valence-electron chi connectivity index (χ3n) is 3.26. The van der Waals surface area contributed by atoms with Gasteiger partial charge in [-0.2, -0.15) is 0 Å². The second-order valence-electron chi connectivity index (χ2n) is 4.96. The molecule has 2 heterocycles. The van der Waals surface area contributed by atoms with Crippen molar-refractivity contribution in [2.24, 2.45) is 5.92 Å². The minimum absolute atomic E-state index is 0.0154. The first-order chi connectivity index (χ1) is 9.61. The minimum atomic E-state index is -3.83. The Kier molecular flexibility index (Phi) is 4.43. The third kappa shape index (κ3) is 3.82. The van der Waals surface area contributed by atoms with E-state index in [0.717, 1.165) is 17.4 Å². The Hall–Kier alpha value is -0.970. The van der Waals surface area contributed by atoms with E-state index in [2.05, 4.69) is 4.72 Å². The van der Waals surface area contributed by atoms with Gasteiger partial charge in [-0.25, -0.2) is 26.4 Å². The first-order valence-electron chi connectivity index (χ1n) is 6.14. The fourth-order valence-corrected chi connectivity index (χ4v) is 6.58. The number of rotatable bonds is 5. The van der Waals surface area contributed by atoms with Crippen molar-refractivity contribution >= 4 is 37.2 Å². The molecule has 1 unspecified atom stereocenters. The molecule has 2 N–H and O–H groups in total. The fraction of sp³-hybridized carbons (Fsp3) is 0.545. The van der Waals surface area contributed by atoms with Gasteiger partial charge in [-0.05, 0) is 25.3 Å². The van der Waals surface area contributed by atoms with Crippen LogP contribution in [0.15, 0.2) is 11.0 Å². The number of carboxylic acid groups (broad SMARTS) is 1. The number of nitrogens with one attached hydrogen (secondary N) is 1. The maximum atomic E-state index is 12.2. The topological polar surface area (TPSA) is 118 Å². The van der Waals surface area contributed by atoms with Gasteiger partial charge in [0.15, 0.2) is 9.84 Å². The molecule has 1 saturated heterocycles. The van der Waals surface area contributed by atoms with Crippen molar-refractivity contribution in [3.05, 3.63) is 15.8 Å². The van der Waals surface area contributed by atoms with Crippen LogP contribution in [0.5, 0.6) is 0 Å². The van der Waals surface area contributed by atoms with E-state index in [1.807, 2.05) is 0 Å². The molecule has 1 aromatic rings. The van der Waals surface area contributed by atoms with E-state index in [1.54, 1.807) is 0 Å². The molecule has 7 nitrogen and oxygen atoms in total. The minimum Gasteiger partial charge on any atom is -0.477 e. The molecule has 1 atom stereocenters. The van der Waals surface area contributed by atoms with Crippen LogP contribution in [-0.2, 0) is 19.9 Å². The molecule has 1 aliphatic heterocycles. The Morgan fingerprint density at radius 1 is 1.52 bits per heavy atom. The molecular weight excluding hydrogens is 338 g/mol. The summed E-state index contributed by atoms with van der Waals surface area (Å²) in [4.78, 5) is 11.1. The second-order valence-corrected chi connectivity index (χ2v) is 10.2. The molecule has 0 aromatic carbocycles. The van der Waals surface area contributed by atoms with Crippen molar-refractivity contribution in [2.45, 2.75) is 18.2 Å². The number of carboxylic acids is 1. The quantitative estimate of drug-likeness (QED) is 0.794. The highest BCUT2D eigenvalue weighted by Crippen LogP contribution is 2.26. The lowest BCUT2D eigenvalue weighted by Gasteiger charge is -2.10. The van der Waals surface area contributed by atoms with Crippen molar-refractivity contribution in [3.8, 4) is 0 Å². The Morgan fingerprint density at radius 2 is 2.19 bits per heavy atom. The monoisotopic (exact) mass is 353 g/mol. The van der Waals surface area contributed by atoms with Crippen LogP contribution in [0.4, 0.5) is 0 Å². The molecule has 0 radical (unpaired) electrons. The molecule has 21 heavy (non-hydrogen) atoms. The van der Waals surface area contributed by atoms with Crippen LogP contribution in [0, 0.1) is 12.8 Å². The zero-order valence-electron chi connectivity index (χ0n) is 11.2. The van der Waals surface area contributed by atoms with Gasteiger partial charge in [0.1, 0.15) is 4.88 Å². The van der Waals surface area contributed by atoms with Gasteiger partial charge in [0.2, 0.25) is 10.0 Å². The third-order valence-corrected chi connectivity index (χ3v) is 7.82. The average molecular weight is 353 g/mol. The first-order valence-corrected chi connectivity index (χ1v) is 10.3. The maximum Gasteiger partial charge on any atom is 0.345 e. The molecule has 118 valence electrons. The summed E-state index contributed by atoms with van der Waals surface area (Å²) in [6.07, 6.45) is 0.438. The Labute approximate surface area is 127 Å². The van der Waals surface area contributed by atoms with E-state index in [1.165, 1.54) is 6.92 Å². The molecule has 0 spiro atoms. The smallest absolute Gasteiger partial charge is 0.345 e. The van der Waals surface area contributed by atoms with Gasteiger partial charge in [-0.1, -0.05) is 0 Å². The lowest BCUT2D eigenvalue weighted by atomic mass is 10.1. The van der Waals surface area contributed by atoms with Crippen LogP contribution in [0.1, 0.15) is 21.0 Å². The van der Waals surface area contributed by atoms with Gasteiger partial charge in [-0.15, -0.1) is 11.3 Å². The predicted octanol–water partition coefficient (Wildman–Crippen LogP) is 0.468. The number of carbonyl (C=O) groups is 1. The van der Waals surface area contributed by atoms with E-state index < -0.39 is 25.8 Å². The number of sulfone groups is 1. The van der Waals surface area contributed by atoms with E-state index in [0.29, 0.717) is 11.3 Å². The molecule has 1 aliphatic rings.